The first-order valence-electron chi connectivity index (χ1n) is 5.66. The van der Waals surface area contributed by atoms with Crippen LogP contribution in [0.2, 0.25) is 15.1 Å². The first kappa shape index (κ1) is 14.5. The molecule has 0 bridgehead atoms. The van der Waals surface area contributed by atoms with Crippen LogP contribution in [-0.2, 0) is 13.2 Å². The number of hydrogen-bond acceptors (Lipinski definition) is 2. The zero-order valence-electron chi connectivity index (χ0n) is 10.00. The van der Waals surface area contributed by atoms with Crippen LogP contribution in [0.3, 0.4) is 0 Å². The van der Waals surface area contributed by atoms with E-state index in [0.29, 0.717) is 34.0 Å². The first-order valence-corrected chi connectivity index (χ1v) is 6.79. The minimum atomic E-state index is 0.304. The van der Waals surface area contributed by atoms with Gasteiger partial charge in [-0.3, -0.25) is 0 Å². The molecular formula is C14H12Cl3NO. The second kappa shape index (κ2) is 6.49. The van der Waals surface area contributed by atoms with Gasteiger partial charge in [0.1, 0.15) is 12.4 Å². The number of hydrogen-bond donors (Lipinski definition) is 1. The van der Waals surface area contributed by atoms with E-state index in [1.54, 1.807) is 12.1 Å². The standard InChI is InChI=1S/C14H12Cl3NO/c15-11-5-10(7-18)14(13(17)6-11)19-8-9-3-1-2-4-12(9)16/h1-6H,7-8,18H2. The van der Waals surface area contributed by atoms with Crippen molar-refractivity contribution in [2.75, 3.05) is 0 Å². The van der Waals surface area contributed by atoms with Crippen molar-refractivity contribution in [1.82, 2.24) is 0 Å². The van der Waals surface area contributed by atoms with Crippen molar-refractivity contribution >= 4 is 34.8 Å². The van der Waals surface area contributed by atoms with Crippen LogP contribution in [0.15, 0.2) is 36.4 Å². The number of nitrogens with two attached hydrogens (primary N) is 1. The van der Waals surface area contributed by atoms with Crippen molar-refractivity contribution in [2.24, 2.45) is 5.73 Å². The van der Waals surface area contributed by atoms with Crippen molar-refractivity contribution in [2.45, 2.75) is 13.2 Å². The van der Waals surface area contributed by atoms with E-state index >= 15 is 0 Å². The van der Waals surface area contributed by atoms with Crippen LogP contribution in [0.25, 0.3) is 0 Å². The SMILES string of the molecule is NCc1cc(Cl)cc(Cl)c1OCc1ccccc1Cl. The Kier molecular flexibility index (Phi) is 4.94. The highest BCUT2D eigenvalue weighted by atomic mass is 35.5. The van der Waals surface area contributed by atoms with Crippen molar-refractivity contribution in [3.8, 4) is 5.75 Å². The number of benzene rings is 2. The number of halogens is 3. The van der Waals surface area contributed by atoms with Gasteiger partial charge in [0.25, 0.3) is 0 Å². The molecular weight excluding hydrogens is 305 g/mol. The molecule has 0 saturated carbocycles. The summed E-state index contributed by atoms with van der Waals surface area (Å²) in [5.41, 5.74) is 7.32. The zero-order valence-corrected chi connectivity index (χ0v) is 12.3. The molecule has 19 heavy (non-hydrogen) atoms. The lowest BCUT2D eigenvalue weighted by Crippen LogP contribution is -2.03. The topological polar surface area (TPSA) is 35.2 Å². The summed E-state index contributed by atoms with van der Waals surface area (Å²) < 4.78 is 5.73. The quantitative estimate of drug-likeness (QED) is 0.888. The van der Waals surface area contributed by atoms with Gasteiger partial charge in [0.2, 0.25) is 0 Å². The molecule has 2 aromatic carbocycles. The van der Waals surface area contributed by atoms with Gasteiger partial charge in [0.05, 0.1) is 5.02 Å². The third kappa shape index (κ3) is 3.54. The minimum Gasteiger partial charge on any atom is -0.487 e. The van der Waals surface area contributed by atoms with Gasteiger partial charge >= 0.3 is 0 Å². The van der Waals surface area contributed by atoms with Crippen LogP contribution >= 0.6 is 34.8 Å². The van der Waals surface area contributed by atoms with Gasteiger partial charge in [-0.2, -0.15) is 0 Å². The van der Waals surface area contributed by atoms with Gasteiger partial charge in [-0.25, -0.2) is 0 Å². The average molecular weight is 317 g/mol. The number of ether oxygens (including phenoxy) is 1. The molecule has 0 atom stereocenters. The fourth-order valence-electron chi connectivity index (χ4n) is 1.69. The Balaban J connectivity index is 2.22. The van der Waals surface area contributed by atoms with Crippen LogP contribution in [0.1, 0.15) is 11.1 Å². The van der Waals surface area contributed by atoms with Gasteiger partial charge in [-0.1, -0.05) is 53.0 Å². The van der Waals surface area contributed by atoms with E-state index in [1.807, 2.05) is 24.3 Å². The Morgan fingerprint density at radius 2 is 1.68 bits per heavy atom. The summed E-state index contributed by atoms with van der Waals surface area (Å²) in [4.78, 5) is 0. The third-order valence-electron chi connectivity index (χ3n) is 2.64. The monoisotopic (exact) mass is 315 g/mol. The van der Waals surface area contributed by atoms with Crippen molar-refractivity contribution in [1.29, 1.82) is 0 Å². The van der Waals surface area contributed by atoms with Crippen LogP contribution in [0.4, 0.5) is 0 Å². The molecule has 2 nitrogen and oxygen atoms in total. The van der Waals surface area contributed by atoms with Gasteiger partial charge < -0.3 is 10.5 Å². The molecule has 0 unspecified atom stereocenters. The molecule has 0 aromatic heterocycles. The predicted molar refractivity (Wildman–Crippen MR) is 80.1 cm³/mol. The molecule has 0 aliphatic carbocycles. The maximum Gasteiger partial charge on any atom is 0.142 e. The van der Waals surface area contributed by atoms with E-state index in [2.05, 4.69) is 0 Å². The van der Waals surface area contributed by atoms with E-state index in [0.717, 1.165) is 11.1 Å². The Labute approximate surface area is 127 Å². The van der Waals surface area contributed by atoms with E-state index in [-0.39, 0.29) is 0 Å². The molecule has 0 radical (unpaired) electrons. The molecule has 100 valence electrons. The van der Waals surface area contributed by atoms with Gasteiger partial charge in [-0.15, -0.1) is 0 Å². The Morgan fingerprint density at radius 1 is 0.947 bits per heavy atom. The largest absolute Gasteiger partial charge is 0.487 e. The molecule has 0 aliphatic rings. The molecule has 0 heterocycles. The normalized spacial score (nSPS) is 10.5. The third-order valence-corrected chi connectivity index (χ3v) is 3.50. The minimum absolute atomic E-state index is 0.304. The fraction of sp³-hybridized carbons (Fsp3) is 0.143. The van der Waals surface area contributed by atoms with E-state index in [9.17, 15) is 0 Å². The highest BCUT2D eigenvalue weighted by molar-refractivity contribution is 6.35. The van der Waals surface area contributed by atoms with Crippen molar-refractivity contribution in [3.63, 3.8) is 0 Å². The predicted octanol–water partition coefficient (Wildman–Crippen LogP) is 4.68. The first-order chi connectivity index (χ1) is 9.11. The summed E-state index contributed by atoms with van der Waals surface area (Å²) in [6.45, 7) is 0.631. The Hall–Kier alpha value is -0.930. The molecule has 0 aliphatic heterocycles. The maximum atomic E-state index is 6.12. The molecule has 0 spiro atoms. The molecule has 0 fully saturated rings. The van der Waals surface area contributed by atoms with E-state index in [4.69, 9.17) is 45.3 Å². The van der Waals surface area contributed by atoms with Gasteiger partial charge in [0.15, 0.2) is 0 Å². The summed E-state index contributed by atoms with van der Waals surface area (Å²) in [5.74, 6) is 0.550. The molecule has 0 saturated heterocycles. The van der Waals surface area contributed by atoms with Gasteiger partial charge in [0, 0.05) is 27.7 Å². The summed E-state index contributed by atoms with van der Waals surface area (Å²) in [6, 6.07) is 10.9. The van der Waals surface area contributed by atoms with Crippen LogP contribution in [0.5, 0.6) is 5.75 Å². The highest BCUT2D eigenvalue weighted by Crippen LogP contribution is 2.33. The lowest BCUT2D eigenvalue weighted by molar-refractivity contribution is 0.303. The van der Waals surface area contributed by atoms with Crippen LogP contribution < -0.4 is 10.5 Å². The molecule has 2 N–H and O–H groups in total. The summed E-state index contributed by atoms with van der Waals surface area (Å²) >= 11 is 18.1. The lowest BCUT2D eigenvalue weighted by atomic mass is 10.2. The summed E-state index contributed by atoms with van der Waals surface area (Å²) in [6.07, 6.45) is 0. The number of rotatable bonds is 4. The molecule has 0 amide bonds. The van der Waals surface area contributed by atoms with Gasteiger partial charge in [-0.05, 0) is 18.2 Å². The highest BCUT2D eigenvalue weighted by Gasteiger charge is 2.10. The average Bonchev–Trinajstić information content (AvgIpc) is 2.38. The molecule has 2 aromatic rings. The van der Waals surface area contributed by atoms with Crippen molar-refractivity contribution in [3.05, 3.63) is 62.6 Å². The summed E-state index contributed by atoms with van der Waals surface area (Å²) in [7, 11) is 0. The fourth-order valence-corrected chi connectivity index (χ4v) is 2.47. The molecule has 2 rings (SSSR count). The smallest absolute Gasteiger partial charge is 0.142 e. The van der Waals surface area contributed by atoms with E-state index < -0.39 is 0 Å². The molecule has 5 heteroatoms. The van der Waals surface area contributed by atoms with Crippen LogP contribution in [-0.4, -0.2) is 0 Å². The second-order valence-corrected chi connectivity index (χ2v) is 5.21. The zero-order chi connectivity index (χ0) is 13.8. The lowest BCUT2D eigenvalue weighted by Gasteiger charge is -2.13. The van der Waals surface area contributed by atoms with E-state index in [1.165, 1.54) is 0 Å². The Bertz CT molecular complexity index is 587. The summed E-state index contributed by atoms with van der Waals surface area (Å²) in [5, 5.41) is 1.64. The maximum absolute atomic E-state index is 6.12. The van der Waals surface area contributed by atoms with Crippen LogP contribution in [0, 0.1) is 0 Å². The van der Waals surface area contributed by atoms with Crippen molar-refractivity contribution < 1.29 is 4.74 Å². The Morgan fingerprint density at radius 3 is 2.37 bits per heavy atom. The second-order valence-electron chi connectivity index (χ2n) is 3.96.